The van der Waals surface area contributed by atoms with Gasteiger partial charge in [0.1, 0.15) is 4.90 Å². The zero-order valence-electron chi connectivity index (χ0n) is 17.6. The van der Waals surface area contributed by atoms with Crippen LogP contribution in [0.4, 0.5) is 11.4 Å². The number of halogens is 1. The Kier molecular flexibility index (Phi) is 6.86. The number of hydrogen-bond donors (Lipinski definition) is 2. The fourth-order valence-electron chi connectivity index (χ4n) is 2.97. The van der Waals surface area contributed by atoms with Gasteiger partial charge in [-0.2, -0.15) is 0 Å². The molecule has 1 amide bonds. The lowest BCUT2D eigenvalue weighted by Crippen LogP contribution is -2.18. The summed E-state index contributed by atoms with van der Waals surface area (Å²) in [6.45, 7) is 3.63. The summed E-state index contributed by atoms with van der Waals surface area (Å²) in [5, 5.41) is 2.58. The molecule has 166 valence electrons. The number of ether oxygens (including phenoxy) is 1. The summed E-state index contributed by atoms with van der Waals surface area (Å²) in [6.07, 6.45) is 0. The van der Waals surface area contributed by atoms with E-state index < -0.39 is 21.9 Å². The largest absolute Gasteiger partial charge is 0.465 e. The van der Waals surface area contributed by atoms with E-state index in [1.807, 2.05) is 13.0 Å². The predicted molar refractivity (Wildman–Crippen MR) is 124 cm³/mol. The van der Waals surface area contributed by atoms with Gasteiger partial charge in [-0.1, -0.05) is 35.9 Å². The summed E-state index contributed by atoms with van der Waals surface area (Å²) in [4.78, 5) is 24.5. The number of rotatable bonds is 6. The van der Waals surface area contributed by atoms with E-state index >= 15 is 0 Å². The fraction of sp³-hybridized carbons (Fsp3) is 0.130. The van der Waals surface area contributed by atoms with Crippen LogP contribution in [0.2, 0.25) is 5.02 Å². The lowest BCUT2D eigenvalue weighted by molar-refractivity contribution is 0.0602. The minimum atomic E-state index is -4.07. The SMILES string of the molecule is COC(=O)c1ccccc1NC(=O)c1ccc(Cl)c(S(=O)(=O)Nc2cc(C)ccc2C)c1. The highest BCUT2D eigenvalue weighted by atomic mass is 35.5. The molecule has 32 heavy (non-hydrogen) atoms. The fourth-order valence-corrected chi connectivity index (χ4v) is 4.62. The third-order valence-corrected chi connectivity index (χ3v) is 6.55. The molecule has 0 saturated carbocycles. The monoisotopic (exact) mass is 472 g/mol. The normalized spacial score (nSPS) is 11.0. The molecule has 2 N–H and O–H groups in total. The van der Waals surface area contributed by atoms with E-state index in [0.29, 0.717) is 5.69 Å². The minimum Gasteiger partial charge on any atom is -0.465 e. The molecular formula is C23H21ClN2O5S. The number of methoxy groups -OCH3 is 1. The van der Waals surface area contributed by atoms with Gasteiger partial charge in [0.15, 0.2) is 0 Å². The second kappa shape index (κ2) is 9.42. The Balaban J connectivity index is 1.93. The number of carbonyl (C=O) groups is 2. The Morgan fingerprint density at radius 1 is 0.938 bits per heavy atom. The highest BCUT2D eigenvalue weighted by Crippen LogP contribution is 2.27. The first-order valence-corrected chi connectivity index (χ1v) is 11.4. The number of sulfonamides is 1. The van der Waals surface area contributed by atoms with E-state index in [4.69, 9.17) is 16.3 Å². The van der Waals surface area contributed by atoms with Crippen LogP contribution in [0.1, 0.15) is 31.8 Å². The number of carbonyl (C=O) groups excluding carboxylic acids is 2. The third kappa shape index (κ3) is 5.09. The van der Waals surface area contributed by atoms with Gasteiger partial charge >= 0.3 is 5.97 Å². The van der Waals surface area contributed by atoms with Crippen LogP contribution in [0.3, 0.4) is 0 Å². The van der Waals surface area contributed by atoms with Crippen molar-refractivity contribution in [1.29, 1.82) is 0 Å². The number of nitrogens with one attached hydrogen (secondary N) is 2. The van der Waals surface area contributed by atoms with E-state index in [-0.39, 0.29) is 26.7 Å². The van der Waals surface area contributed by atoms with E-state index in [1.54, 1.807) is 37.3 Å². The van der Waals surface area contributed by atoms with E-state index in [9.17, 15) is 18.0 Å². The number of hydrogen-bond acceptors (Lipinski definition) is 5. The van der Waals surface area contributed by atoms with Crippen molar-refractivity contribution < 1.29 is 22.7 Å². The van der Waals surface area contributed by atoms with Gasteiger partial charge in [0, 0.05) is 5.56 Å². The molecule has 0 saturated heterocycles. The summed E-state index contributed by atoms with van der Waals surface area (Å²) in [7, 11) is -2.84. The van der Waals surface area contributed by atoms with Gasteiger partial charge < -0.3 is 10.1 Å². The first kappa shape index (κ1) is 23.3. The van der Waals surface area contributed by atoms with Crippen molar-refractivity contribution in [2.75, 3.05) is 17.1 Å². The standard InChI is InChI=1S/C23H21ClN2O5S/c1-14-8-9-15(2)20(12-14)26-32(29,30)21-13-16(10-11-18(21)24)22(27)25-19-7-5-4-6-17(19)23(28)31-3/h4-13,26H,1-3H3,(H,25,27). The van der Waals surface area contributed by atoms with Crippen molar-refractivity contribution in [3.05, 3.63) is 87.9 Å². The van der Waals surface area contributed by atoms with Crippen molar-refractivity contribution in [2.45, 2.75) is 18.7 Å². The number of amides is 1. The first-order valence-electron chi connectivity index (χ1n) is 9.50. The molecule has 0 aliphatic rings. The maximum Gasteiger partial charge on any atom is 0.339 e. The molecule has 3 aromatic rings. The van der Waals surface area contributed by atoms with Gasteiger partial charge in [0.05, 0.1) is 29.1 Å². The molecule has 0 aliphatic carbocycles. The number of esters is 1. The van der Waals surface area contributed by atoms with Crippen LogP contribution in [0.25, 0.3) is 0 Å². The minimum absolute atomic E-state index is 0.0330. The van der Waals surface area contributed by atoms with Gasteiger partial charge in [-0.05, 0) is 61.4 Å². The van der Waals surface area contributed by atoms with Gasteiger partial charge in [0.25, 0.3) is 15.9 Å². The number of anilines is 2. The molecule has 0 spiro atoms. The predicted octanol–water partition coefficient (Wildman–Crippen LogP) is 4.80. The second-order valence-electron chi connectivity index (χ2n) is 7.06. The first-order chi connectivity index (χ1) is 15.1. The molecule has 0 aliphatic heterocycles. The molecule has 0 fully saturated rings. The molecule has 0 radical (unpaired) electrons. The lowest BCUT2D eigenvalue weighted by Gasteiger charge is -2.14. The molecular weight excluding hydrogens is 452 g/mol. The average molecular weight is 473 g/mol. The highest BCUT2D eigenvalue weighted by molar-refractivity contribution is 7.92. The maximum absolute atomic E-state index is 13.0. The Morgan fingerprint density at radius 3 is 2.38 bits per heavy atom. The van der Waals surface area contributed by atoms with Crippen molar-refractivity contribution in [1.82, 2.24) is 0 Å². The molecule has 7 nitrogen and oxygen atoms in total. The van der Waals surface area contributed by atoms with Crippen LogP contribution in [-0.4, -0.2) is 27.4 Å². The Hall–Kier alpha value is -3.36. The molecule has 9 heteroatoms. The van der Waals surface area contributed by atoms with E-state index in [0.717, 1.165) is 11.1 Å². The summed E-state index contributed by atoms with van der Waals surface area (Å²) in [6, 6.07) is 15.6. The summed E-state index contributed by atoms with van der Waals surface area (Å²) >= 11 is 6.16. The Labute approximate surface area is 191 Å². The van der Waals surface area contributed by atoms with Gasteiger partial charge in [-0.3, -0.25) is 9.52 Å². The van der Waals surface area contributed by atoms with Gasteiger partial charge in [-0.25, -0.2) is 13.2 Å². The van der Waals surface area contributed by atoms with Crippen molar-refractivity contribution in [2.24, 2.45) is 0 Å². The smallest absolute Gasteiger partial charge is 0.339 e. The maximum atomic E-state index is 13.0. The summed E-state index contributed by atoms with van der Waals surface area (Å²) in [5.41, 5.74) is 2.50. The van der Waals surface area contributed by atoms with Crippen molar-refractivity contribution in [3.8, 4) is 0 Å². The van der Waals surface area contributed by atoms with Gasteiger partial charge in [0.2, 0.25) is 0 Å². The topological polar surface area (TPSA) is 102 Å². The van der Waals surface area contributed by atoms with Crippen LogP contribution in [0.15, 0.2) is 65.6 Å². The number of para-hydroxylation sites is 1. The molecule has 3 aromatic carbocycles. The summed E-state index contributed by atoms with van der Waals surface area (Å²) < 4.78 is 33.3. The Bertz CT molecular complexity index is 1310. The zero-order chi connectivity index (χ0) is 23.5. The molecule has 0 unspecified atom stereocenters. The number of benzene rings is 3. The molecule has 0 aromatic heterocycles. The molecule has 0 atom stereocenters. The van der Waals surface area contributed by atoms with Crippen molar-refractivity contribution >= 4 is 44.9 Å². The van der Waals surface area contributed by atoms with E-state index in [2.05, 4.69) is 10.0 Å². The Morgan fingerprint density at radius 2 is 1.66 bits per heavy atom. The van der Waals surface area contributed by atoms with Gasteiger partial charge in [-0.15, -0.1) is 0 Å². The zero-order valence-corrected chi connectivity index (χ0v) is 19.2. The van der Waals surface area contributed by atoms with Crippen LogP contribution < -0.4 is 10.0 Å². The molecule has 3 rings (SSSR count). The summed E-state index contributed by atoms with van der Waals surface area (Å²) in [5.74, 6) is -1.22. The average Bonchev–Trinajstić information content (AvgIpc) is 2.76. The van der Waals surface area contributed by atoms with Crippen LogP contribution in [0, 0.1) is 13.8 Å². The number of aryl methyl sites for hydroxylation is 2. The van der Waals surface area contributed by atoms with E-state index in [1.165, 1.54) is 31.4 Å². The highest BCUT2D eigenvalue weighted by Gasteiger charge is 2.22. The van der Waals surface area contributed by atoms with Crippen LogP contribution >= 0.6 is 11.6 Å². The quantitative estimate of drug-likeness (QED) is 0.502. The molecule has 0 bridgehead atoms. The van der Waals surface area contributed by atoms with Crippen LogP contribution in [0.5, 0.6) is 0 Å². The molecule has 0 heterocycles. The van der Waals surface area contributed by atoms with Crippen molar-refractivity contribution in [3.63, 3.8) is 0 Å². The van der Waals surface area contributed by atoms with Crippen LogP contribution in [-0.2, 0) is 14.8 Å². The lowest BCUT2D eigenvalue weighted by atomic mass is 10.1. The third-order valence-electron chi connectivity index (χ3n) is 4.70. The second-order valence-corrected chi connectivity index (χ2v) is 9.12.